The third-order valence-corrected chi connectivity index (χ3v) is 5.78. The number of aromatic nitrogens is 3. The van der Waals surface area contributed by atoms with Crippen molar-refractivity contribution < 1.29 is 9.53 Å². The van der Waals surface area contributed by atoms with Crippen molar-refractivity contribution in [3.63, 3.8) is 0 Å². The molecule has 4 aromatic rings. The van der Waals surface area contributed by atoms with E-state index in [-0.39, 0.29) is 11.7 Å². The lowest BCUT2D eigenvalue weighted by atomic mass is 10.1. The van der Waals surface area contributed by atoms with Crippen LogP contribution in [0, 0.1) is 0 Å². The molecule has 0 aliphatic heterocycles. The number of unbranched alkanes of at least 4 members (excludes halogenated alkanes) is 4. The minimum Gasteiger partial charge on any atom is -0.494 e. The summed E-state index contributed by atoms with van der Waals surface area (Å²) < 4.78 is 6.99. The number of nitrogens with two attached hydrogens (primary N) is 1. The fourth-order valence-electron chi connectivity index (χ4n) is 3.95. The molecule has 0 saturated heterocycles. The Bertz CT molecular complexity index is 1330. The zero-order valence-electron chi connectivity index (χ0n) is 20.3. The van der Waals surface area contributed by atoms with Gasteiger partial charge in [0.05, 0.1) is 23.9 Å². The van der Waals surface area contributed by atoms with Crippen LogP contribution in [-0.4, -0.2) is 39.9 Å². The number of benzene rings is 2. The highest BCUT2D eigenvalue weighted by Gasteiger charge is 2.23. The van der Waals surface area contributed by atoms with E-state index in [4.69, 9.17) is 20.4 Å². The van der Waals surface area contributed by atoms with Crippen LogP contribution in [-0.2, 0) is 0 Å². The Hall–Kier alpha value is -3.94. The standard InChI is InChI=1S/C27H32N6O2/c1-3-5-6-7-10-17-29-27(34)23-24-26(32-22-12-9-8-11-21(22)31-24)33(25(23)28)30-18-19-13-15-20(16-14-19)35-4-2/h8-9,11-16,18H,3-7,10,17,28H2,1-2H3,(H,29,34)/b30-18+. The van der Waals surface area contributed by atoms with Crippen molar-refractivity contribution in [2.75, 3.05) is 18.9 Å². The number of rotatable bonds is 11. The maximum Gasteiger partial charge on any atom is 0.257 e. The predicted octanol–water partition coefficient (Wildman–Crippen LogP) is 5.15. The highest BCUT2D eigenvalue weighted by molar-refractivity contribution is 6.10. The average molecular weight is 473 g/mol. The Labute approximate surface area is 205 Å². The molecular formula is C27H32N6O2. The van der Waals surface area contributed by atoms with Crippen LogP contribution < -0.4 is 15.8 Å². The minimum atomic E-state index is -0.261. The highest BCUT2D eigenvalue weighted by atomic mass is 16.5. The Balaban J connectivity index is 1.66. The molecule has 3 N–H and O–H groups in total. The first-order valence-corrected chi connectivity index (χ1v) is 12.2. The van der Waals surface area contributed by atoms with Crippen molar-refractivity contribution in [1.82, 2.24) is 20.0 Å². The first-order chi connectivity index (χ1) is 17.1. The molecule has 8 heteroatoms. The number of nitrogens with one attached hydrogen (secondary N) is 1. The smallest absolute Gasteiger partial charge is 0.257 e. The molecule has 0 saturated carbocycles. The van der Waals surface area contributed by atoms with Crippen LogP contribution >= 0.6 is 0 Å². The van der Waals surface area contributed by atoms with Crippen LogP contribution in [0.25, 0.3) is 22.2 Å². The van der Waals surface area contributed by atoms with Gasteiger partial charge in [-0.1, -0.05) is 44.7 Å². The van der Waals surface area contributed by atoms with Crippen molar-refractivity contribution in [3.05, 3.63) is 59.7 Å². The Morgan fingerprint density at radius 1 is 1.03 bits per heavy atom. The molecule has 0 aliphatic rings. The summed E-state index contributed by atoms with van der Waals surface area (Å²) in [6, 6.07) is 15.1. The number of hydrogen-bond donors (Lipinski definition) is 2. The predicted molar refractivity (Wildman–Crippen MR) is 141 cm³/mol. The van der Waals surface area contributed by atoms with Gasteiger partial charge in [-0.05, 0) is 55.3 Å². The maximum atomic E-state index is 13.2. The van der Waals surface area contributed by atoms with E-state index in [0.29, 0.717) is 40.9 Å². The van der Waals surface area contributed by atoms with Gasteiger partial charge in [0, 0.05) is 6.54 Å². The molecule has 0 spiro atoms. The lowest BCUT2D eigenvalue weighted by Gasteiger charge is -2.05. The number of para-hydroxylation sites is 2. The third-order valence-electron chi connectivity index (χ3n) is 5.78. The first kappa shape index (κ1) is 24.2. The minimum absolute atomic E-state index is 0.209. The molecule has 35 heavy (non-hydrogen) atoms. The zero-order valence-corrected chi connectivity index (χ0v) is 20.3. The molecule has 0 aliphatic carbocycles. The average Bonchev–Trinajstić information content (AvgIpc) is 3.14. The molecule has 2 heterocycles. The van der Waals surface area contributed by atoms with E-state index >= 15 is 0 Å². The van der Waals surface area contributed by atoms with Crippen LogP contribution in [0.1, 0.15) is 61.9 Å². The fourth-order valence-corrected chi connectivity index (χ4v) is 3.95. The Morgan fingerprint density at radius 3 is 2.46 bits per heavy atom. The van der Waals surface area contributed by atoms with Gasteiger partial charge in [0.1, 0.15) is 22.6 Å². The second-order valence-corrected chi connectivity index (χ2v) is 8.37. The van der Waals surface area contributed by atoms with Gasteiger partial charge in [-0.25, -0.2) is 9.97 Å². The van der Waals surface area contributed by atoms with E-state index in [1.54, 1.807) is 6.21 Å². The molecule has 4 rings (SSSR count). The number of anilines is 1. The van der Waals surface area contributed by atoms with E-state index in [9.17, 15) is 4.79 Å². The summed E-state index contributed by atoms with van der Waals surface area (Å²) >= 11 is 0. The summed E-state index contributed by atoms with van der Waals surface area (Å²) in [6.07, 6.45) is 7.26. The summed E-state index contributed by atoms with van der Waals surface area (Å²) in [4.78, 5) is 22.6. The number of carbonyl (C=O) groups is 1. The van der Waals surface area contributed by atoms with E-state index in [0.717, 1.165) is 24.2 Å². The highest BCUT2D eigenvalue weighted by Crippen LogP contribution is 2.28. The molecule has 0 atom stereocenters. The normalized spacial score (nSPS) is 11.5. The SMILES string of the molecule is CCCCCCCNC(=O)c1c(N)n(/N=C/c2ccc(OCC)cc2)c2nc3ccccc3nc12. The van der Waals surface area contributed by atoms with Gasteiger partial charge in [-0.2, -0.15) is 9.78 Å². The van der Waals surface area contributed by atoms with Gasteiger partial charge in [0.15, 0.2) is 5.65 Å². The van der Waals surface area contributed by atoms with Crippen LogP contribution in [0.3, 0.4) is 0 Å². The van der Waals surface area contributed by atoms with E-state index < -0.39 is 0 Å². The molecule has 0 unspecified atom stereocenters. The van der Waals surface area contributed by atoms with Crippen LogP contribution in [0.15, 0.2) is 53.6 Å². The number of nitrogens with zero attached hydrogens (tertiary/aromatic N) is 4. The molecule has 1 amide bonds. The molecule has 2 aromatic carbocycles. The summed E-state index contributed by atoms with van der Waals surface area (Å²) in [5.41, 5.74) is 9.91. The first-order valence-electron chi connectivity index (χ1n) is 12.2. The molecule has 0 fully saturated rings. The van der Waals surface area contributed by atoms with E-state index in [1.165, 1.54) is 23.9 Å². The van der Waals surface area contributed by atoms with Gasteiger partial charge in [0.25, 0.3) is 5.91 Å². The topological polar surface area (TPSA) is 107 Å². The molecule has 0 radical (unpaired) electrons. The summed E-state index contributed by atoms with van der Waals surface area (Å²) in [5.74, 6) is 0.741. The second kappa shape index (κ2) is 11.5. The number of hydrogen-bond acceptors (Lipinski definition) is 6. The fraction of sp³-hybridized carbons (Fsp3) is 0.333. The maximum absolute atomic E-state index is 13.2. The van der Waals surface area contributed by atoms with Crippen molar-refractivity contribution in [3.8, 4) is 5.75 Å². The van der Waals surface area contributed by atoms with Gasteiger partial charge in [-0.3, -0.25) is 4.79 Å². The monoisotopic (exact) mass is 472 g/mol. The van der Waals surface area contributed by atoms with Crippen molar-refractivity contribution in [1.29, 1.82) is 0 Å². The second-order valence-electron chi connectivity index (χ2n) is 8.37. The van der Waals surface area contributed by atoms with Gasteiger partial charge in [0.2, 0.25) is 0 Å². The number of fused-ring (bicyclic) bond motifs is 2. The van der Waals surface area contributed by atoms with Gasteiger partial charge in [-0.15, -0.1) is 0 Å². The van der Waals surface area contributed by atoms with Gasteiger partial charge >= 0.3 is 0 Å². The molecular weight excluding hydrogens is 440 g/mol. The van der Waals surface area contributed by atoms with Crippen molar-refractivity contribution in [2.24, 2.45) is 5.10 Å². The largest absolute Gasteiger partial charge is 0.494 e. The molecule has 2 aromatic heterocycles. The van der Waals surface area contributed by atoms with Crippen LogP contribution in [0.5, 0.6) is 5.75 Å². The lowest BCUT2D eigenvalue weighted by Crippen LogP contribution is -2.25. The van der Waals surface area contributed by atoms with Crippen molar-refractivity contribution in [2.45, 2.75) is 46.0 Å². The molecule has 0 bridgehead atoms. The summed E-state index contributed by atoms with van der Waals surface area (Å²) in [6.45, 7) is 5.32. The van der Waals surface area contributed by atoms with E-state index in [1.807, 2.05) is 55.5 Å². The quantitative estimate of drug-likeness (QED) is 0.232. The number of amides is 1. The number of carbonyl (C=O) groups excluding carboxylic acids is 1. The lowest BCUT2D eigenvalue weighted by molar-refractivity contribution is 0.0955. The summed E-state index contributed by atoms with van der Waals surface area (Å²) in [5, 5.41) is 7.56. The number of ether oxygens (including phenoxy) is 1. The molecule has 182 valence electrons. The Kier molecular flexibility index (Phi) is 7.92. The molecule has 8 nitrogen and oxygen atoms in total. The zero-order chi connectivity index (χ0) is 24.6. The number of nitrogen functional groups attached to an aromatic ring is 1. The van der Waals surface area contributed by atoms with Crippen LogP contribution in [0.2, 0.25) is 0 Å². The van der Waals surface area contributed by atoms with E-state index in [2.05, 4.69) is 17.3 Å². The van der Waals surface area contributed by atoms with Crippen LogP contribution in [0.4, 0.5) is 5.82 Å². The third kappa shape index (κ3) is 5.59. The summed E-state index contributed by atoms with van der Waals surface area (Å²) in [7, 11) is 0. The van der Waals surface area contributed by atoms with Crippen molar-refractivity contribution >= 4 is 40.1 Å². The van der Waals surface area contributed by atoms with Gasteiger partial charge < -0.3 is 15.8 Å². The Morgan fingerprint density at radius 2 is 1.74 bits per heavy atom.